The van der Waals surface area contributed by atoms with Gasteiger partial charge in [0.25, 0.3) is 0 Å². The van der Waals surface area contributed by atoms with Crippen LogP contribution in [0.15, 0.2) is 6.20 Å². The molecular formula is C11H17FN2O4. The van der Waals surface area contributed by atoms with Gasteiger partial charge < -0.3 is 14.2 Å². The fraction of sp³-hybridized carbons (Fsp3) is 0.636. The van der Waals surface area contributed by atoms with Crippen molar-refractivity contribution in [3.05, 3.63) is 17.7 Å². The molecule has 1 aromatic rings. The molecule has 0 radical (unpaired) electrons. The first-order valence-electron chi connectivity index (χ1n) is 5.46. The van der Waals surface area contributed by atoms with Crippen LogP contribution in [0.2, 0.25) is 0 Å². The highest BCUT2D eigenvalue weighted by Gasteiger charge is 2.28. The molecular weight excluding hydrogens is 243 g/mol. The molecule has 0 aliphatic heterocycles. The van der Waals surface area contributed by atoms with E-state index in [0.717, 1.165) is 6.20 Å². The van der Waals surface area contributed by atoms with Gasteiger partial charge in [0.1, 0.15) is 0 Å². The minimum absolute atomic E-state index is 0.0675. The molecule has 0 fully saturated rings. The third-order valence-electron chi connectivity index (χ3n) is 2.56. The maximum Gasteiger partial charge on any atom is 0.359 e. The Morgan fingerprint density at radius 3 is 2.61 bits per heavy atom. The molecule has 6 nitrogen and oxygen atoms in total. The van der Waals surface area contributed by atoms with Crippen LogP contribution in [0.1, 0.15) is 24.3 Å². The van der Waals surface area contributed by atoms with E-state index in [4.69, 9.17) is 14.2 Å². The zero-order valence-electron chi connectivity index (χ0n) is 10.9. The van der Waals surface area contributed by atoms with Crippen molar-refractivity contribution in [2.24, 2.45) is 0 Å². The average Bonchev–Trinajstić information content (AvgIpc) is 2.70. The third kappa shape index (κ3) is 3.05. The van der Waals surface area contributed by atoms with Crippen molar-refractivity contribution in [2.75, 3.05) is 20.8 Å². The number of carbonyl (C=O) groups is 1. The second-order valence-electron chi connectivity index (χ2n) is 3.76. The number of carbonyl (C=O) groups excluding carboxylic acids is 1. The third-order valence-corrected chi connectivity index (χ3v) is 2.56. The van der Waals surface area contributed by atoms with Gasteiger partial charge in [0, 0.05) is 14.2 Å². The van der Waals surface area contributed by atoms with E-state index in [-0.39, 0.29) is 18.8 Å². The topological polar surface area (TPSA) is 62.6 Å². The summed E-state index contributed by atoms with van der Waals surface area (Å²) >= 11 is 0. The Bertz CT molecular complexity index is 415. The second kappa shape index (κ2) is 5.92. The van der Waals surface area contributed by atoms with E-state index < -0.39 is 17.6 Å². The predicted octanol–water partition coefficient (Wildman–Crippen LogP) is 1.21. The van der Waals surface area contributed by atoms with Gasteiger partial charge in [-0.25, -0.2) is 9.18 Å². The molecule has 0 N–H and O–H groups in total. The Kier molecular flexibility index (Phi) is 4.80. The van der Waals surface area contributed by atoms with Gasteiger partial charge in [0.2, 0.25) is 0 Å². The van der Waals surface area contributed by atoms with Gasteiger partial charge in [-0.1, -0.05) is 0 Å². The summed E-state index contributed by atoms with van der Waals surface area (Å²) in [6.45, 7) is 3.53. The van der Waals surface area contributed by atoms with Crippen LogP contribution in [0.4, 0.5) is 4.39 Å². The lowest BCUT2D eigenvalue weighted by atomic mass is 10.3. The molecule has 0 aromatic carbocycles. The molecule has 0 unspecified atom stereocenters. The highest BCUT2D eigenvalue weighted by Crippen LogP contribution is 2.16. The van der Waals surface area contributed by atoms with Crippen LogP contribution in [0.25, 0.3) is 0 Å². The summed E-state index contributed by atoms with van der Waals surface area (Å²) in [5.74, 6) is -2.50. The van der Waals surface area contributed by atoms with Gasteiger partial charge in [-0.15, -0.1) is 0 Å². The van der Waals surface area contributed by atoms with Crippen molar-refractivity contribution in [1.29, 1.82) is 0 Å². The first kappa shape index (κ1) is 14.6. The number of esters is 1. The number of nitrogens with zero attached hydrogens (tertiary/aromatic N) is 2. The Morgan fingerprint density at radius 2 is 2.11 bits per heavy atom. The zero-order valence-corrected chi connectivity index (χ0v) is 10.9. The van der Waals surface area contributed by atoms with Crippen molar-refractivity contribution < 1.29 is 23.4 Å². The lowest BCUT2D eigenvalue weighted by Gasteiger charge is -2.26. The largest absolute Gasteiger partial charge is 0.461 e. The molecule has 0 saturated carbocycles. The van der Waals surface area contributed by atoms with E-state index in [2.05, 4.69) is 5.10 Å². The Hall–Kier alpha value is -1.47. The van der Waals surface area contributed by atoms with E-state index in [1.165, 1.54) is 18.9 Å². The van der Waals surface area contributed by atoms with Crippen molar-refractivity contribution in [1.82, 2.24) is 9.78 Å². The molecule has 102 valence electrons. The van der Waals surface area contributed by atoms with Gasteiger partial charge in [-0.3, -0.25) is 4.68 Å². The fourth-order valence-corrected chi connectivity index (χ4v) is 1.37. The molecule has 7 heteroatoms. The van der Waals surface area contributed by atoms with Gasteiger partial charge in [-0.2, -0.15) is 5.10 Å². The minimum Gasteiger partial charge on any atom is -0.461 e. The number of aromatic nitrogens is 2. The van der Waals surface area contributed by atoms with Gasteiger partial charge in [0.15, 0.2) is 17.3 Å². The summed E-state index contributed by atoms with van der Waals surface area (Å²) in [6, 6.07) is 0. The van der Waals surface area contributed by atoms with Crippen LogP contribution in [-0.4, -0.2) is 42.4 Å². The number of hydrogen-bond donors (Lipinski definition) is 0. The van der Waals surface area contributed by atoms with Gasteiger partial charge >= 0.3 is 5.97 Å². The molecule has 1 aromatic heterocycles. The van der Waals surface area contributed by atoms with E-state index in [9.17, 15) is 9.18 Å². The highest BCUT2D eigenvalue weighted by molar-refractivity contribution is 5.87. The molecule has 0 amide bonds. The van der Waals surface area contributed by atoms with Gasteiger partial charge in [0.05, 0.1) is 19.3 Å². The first-order chi connectivity index (χ1) is 8.47. The molecule has 0 aliphatic rings. The van der Waals surface area contributed by atoms with Crippen molar-refractivity contribution in [2.45, 2.75) is 26.2 Å². The molecule has 0 atom stereocenters. The van der Waals surface area contributed by atoms with Crippen LogP contribution in [0.5, 0.6) is 0 Å². The van der Waals surface area contributed by atoms with Gasteiger partial charge in [-0.05, 0) is 13.8 Å². The molecule has 0 aliphatic carbocycles. The van der Waals surface area contributed by atoms with Crippen molar-refractivity contribution in [3.8, 4) is 0 Å². The smallest absolute Gasteiger partial charge is 0.359 e. The number of ether oxygens (including phenoxy) is 3. The lowest BCUT2D eigenvalue weighted by molar-refractivity contribution is -0.203. The fourth-order valence-electron chi connectivity index (χ4n) is 1.37. The first-order valence-corrected chi connectivity index (χ1v) is 5.46. The summed E-state index contributed by atoms with van der Waals surface area (Å²) in [5, 5.41) is 3.78. The monoisotopic (exact) mass is 260 g/mol. The van der Waals surface area contributed by atoms with Crippen LogP contribution in [-0.2, 0) is 20.8 Å². The summed E-state index contributed by atoms with van der Waals surface area (Å²) in [6.07, 6.45) is 0.956. The number of rotatable bonds is 6. The number of methoxy groups -OCH3 is 2. The standard InChI is InChI=1S/C11H17FN2O4/c1-5-18-10(15)9-8(12)6-13-14(9)7-11(2,16-3)17-4/h6H,5,7H2,1-4H3. The summed E-state index contributed by atoms with van der Waals surface area (Å²) < 4.78 is 29.7. The Labute approximate surface area is 105 Å². The molecule has 0 spiro atoms. The summed E-state index contributed by atoms with van der Waals surface area (Å²) in [5.41, 5.74) is -0.239. The van der Waals surface area contributed by atoms with Crippen LogP contribution < -0.4 is 0 Å². The highest BCUT2D eigenvalue weighted by atomic mass is 19.1. The predicted molar refractivity (Wildman–Crippen MR) is 60.6 cm³/mol. The minimum atomic E-state index is -1.00. The maximum absolute atomic E-state index is 13.5. The van der Waals surface area contributed by atoms with E-state index in [0.29, 0.717) is 0 Å². The van der Waals surface area contributed by atoms with Crippen LogP contribution >= 0.6 is 0 Å². The van der Waals surface area contributed by atoms with Crippen molar-refractivity contribution in [3.63, 3.8) is 0 Å². The Morgan fingerprint density at radius 1 is 1.50 bits per heavy atom. The molecule has 18 heavy (non-hydrogen) atoms. The zero-order chi connectivity index (χ0) is 13.8. The SMILES string of the molecule is CCOC(=O)c1c(F)cnn1CC(C)(OC)OC. The molecule has 1 heterocycles. The molecule has 1 rings (SSSR count). The number of halogens is 1. The van der Waals surface area contributed by atoms with Crippen molar-refractivity contribution >= 4 is 5.97 Å². The van der Waals surface area contributed by atoms with Crippen LogP contribution in [0.3, 0.4) is 0 Å². The molecule has 0 saturated heterocycles. The second-order valence-corrected chi connectivity index (χ2v) is 3.76. The lowest BCUT2D eigenvalue weighted by Crippen LogP contribution is -2.36. The summed E-state index contributed by atoms with van der Waals surface area (Å²) in [7, 11) is 2.90. The van der Waals surface area contributed by atoms with E-state index >= 15 is 0 Å². The van der Waals surface area contributed by atoms with Crippen LogP contribution in [0, 0.1) is 5.82 Å². The van der Waals surface area contributed by atoms with E-state index in [1.807, 2.05) is 0 Å². The summed E-state index contributed by atoms with van der Waals surface area (Å²) in [4.78, 5) is 11.6. The quantitative estimate of drug-likeness (QED) is 0.568. The number of hydrogen-bond acceptors (Lipinski definition) is 5. The van der Waals surface area contributed by atoms with E-state index in [1.54, 1.807) is 13.8 Å². The normalized spacial score (nSPS) is 11.6. The average molecular weight is 260 g/mol. The maximum atomic E-state index is 13.5. The molecule has 0 bridgehead atoms. The Balaban J connectivity index is 3.00.